The molecule has 2 aliphatic rings. The normalized spacial score (nSPS) is 19.6. The number of carbonyl (C=O) groups is 1. The van der Waals surface area contributed by atoms with Crippen LogP contribution in [0, 0.1) is 0 Å². The van der Waals surface area contributed by atoms with Crippen LogP contribution in [0.5, 0.6) is 0 Å². The molecule has 1 aromatic heterocycles. The van der Waals surface area contributed by atoms with Gasteiger partial charge < -0.3 is 10.2 Å². The van der Waals surface area contributed by atoms with Crippen LogP contribution in [0.3, 0.4) is 0 Å². The summed E-state index contributed by atoms with van der Waals surface area (Å²) in [4.78, 5) is 19.0. The fourth-order valence-electron chi connectivity index (χ4n) is 2.94. The summed E-state index contributed by atoms with van der Waals surface area (Å²) in [5.41, 5.74) is 0.715. The Hall–Kier alpha value is -1.58. The van der Waals surface area contributed by atoms with E-state index in [1.54, 1.807) is 6.20 Å². The van der Waals surface area contributed by atoms with Crippen LogP contribution in [-0.2, 0) is 0 Å². The van der Waals surface area contributed by atoms with Gasteiger partial charge in [0.2, 0.25) is 0 Å². The van der Waals surface area contributed by atoms with Crippen LogP contribution in [0.15, 0.2) is 18.3 Å². The van der Waals surface area contributed by atoms with Gasteiger partial charge in [0, 0.05) is 25.3 Å². The number of hydrogen-bond acceptors (Lipinski definition) is 3. The molecule has 0 atom stereocenters. The smallest absolute Gasteiger partial charge is 0.257 e. The van der Waals surface area contributed by atoms with E-state index < -0.39 is 0 Å². The predicted molar refractivity (Wildman–Crippen MR) is 79.8 cm³/mol. The third-order valence-electron chi connectivity index (χ3n) is 4.40. The van der Waals surface area contributed by atoms with E-state index in [4.69, 9.17) is 0 Å². The molecule has 4 nitrogen and oxygen atoms in total. The van der Waals surface area contributed by atoms with Crippen molar-refractivity contribution in [2.24, 2.45) is 0 Å². The molecule has 2 fully saturated rings. The number of carbonyl (C=O) groups excluding carboxylic acids is 1. The van der Waals surface area contributed by atoms with E-state index >= 15 is 0 Å². The van der Waals surface area contributed by atoms with Gasteiger partial charge in [0.25, 0.3) is 5.91 Å². The van der Waals surface area contributed by atoms with Crippen molar-refractivity contribution < 1.29 is 4.79 Å². The van der Waals surface area contributed by atoms with Crippen molar-refractivity contribution >= 4 is 11.7 Å². The monoisotopic (exact) mass is 273 g/mol. The van der Waals surface area contributed by atoms with Crippen molar-refractivity contribution in [3.8, 4) is 0 Å². The van der Waals surface area contributed by atoms with Crippen molar-refractivity contribution in [3.05, 3.63) is 23.9 Å². The molecule has 20 heavy (non-hydrogen) atoms. The molecule has 0 unspecified atom stereocenters. The van der Waals surface area contributed by atoms with E-state index in [-0.39, 0.29) is 5.91 Å². The second kappa shape index (κ2) is 5.81. The minimum atomic E-state index is 0.105. The van der Waals surface area contributed by atoms with Crippen molar-refractivity contribution in [3.63, 3.8) is 0 Å². The van der Waals surface area contributed by atoms with Gasteiger partial charge in [-0.15, -0.1) is 0 Å². The van der Waals surface area contributed by atoms with E-state index in [1.165, 1.54) is 32.1 Å². The zero-order chi connectivity index (χ0) is 13.9. The maximum Gasteiger partial charge on any atom is 0.257 e. The topological polar surface area (TPSA) is 45.2 Å². The summed E-state index contributed by atoms with van der Waals surface area (Å²) in [7, 11) is 1.94. The van der Waals surface area contributed by atoms with E-state index in [1.807, 2.05) is 24.1 Å². The van der Waals surface area contributed by atoms with Crippen LogP contribution < -0.4 is 5.32 Å². The van der Waals surface area contributed by atoms with Gasteiger partial charge in [0.05, 0.1) is 5.56 Å². The van der Waals surface area contributed by atoms with Gasteiger partial charge in [-0.25, -0.2) is 4.98 Å². The molecule has 108 valence electrons. The zero-order valence-electron chi connectivity index (χ0n) is 12.1. The summed E-state index contributed by atoms with van der Waals surface area (Å²) < 4.78 is 0. The van der Waals surface area contributed by atoms with Gasteiger partial charge >= 0.3 is 0 Å². The molecule has 0 aromatic carbocycles. The summed E-state index contributed by atoms with van der Waals surface area (Å²) in [5, 5.41) is 3.36. The molecule has 1 N–H and O–H groups in total. The first-order valence-corrected chi connectivity index (χ1v) is 7.74. The Morgan fingerprint density at radius 2 is 2.00 bits per heavy atom. The van der Waals surface area contributed by atoms with Crippen molar-refractivity contribution in [2.45, 2.75) is 57.0 Å². The molecule has 0 bridgehead atoms. The van der Waals surface area contributed by atoms with Crippen LogP contribution in [0.4, 0.5) is 5.82 Å². The lowest BCUT2D eigenvalue weighted by atomic mass is 9.94. The van der Waals surface area contributed by atoms with Gasteiger partial charge in [-0.1, -0.05) is 19.3 Å². The number of nitrogens with zero attached hydrogens (tertiary/aromatic N) is 2. The summed E-state index contributed by atoms with van der Waals surface area (Å²) >= 11 is 0. The first-order valence-electron chi connectivity index (χ1n) is 7.74. The average molecular weight is 273 g/mol. The second-order valence-electron chi connectivity index (χ2n) is 6.03. The number of anilines is 1. The van der Waals surface area contributed by atoms with Crippen molar-refractivity contribution in [1.29, 1.82) is 0 Å². The Bertz CT molecular complexity index is 478. The van der Waals surface area contributed by atoms with Crippen LogP contribution in [0.25, 0.3) is 0 Å². The van der Waals surface area contributed by atoms with Crippen LogP contribution in [0.2, 0.25) is 0 Å². The minimum absolute atomic E-state index is 0.105. The lowest BCUT2D eigenvalue weighted by Gasteiger charge is -2.31. The molecule has 0 spiro atoms. The first kappa shape index (κ1) is 13.4. The Morgan fingerprint density at radius 3 is 2.70 bits per heavy atom. The Labute approximate surface area is 120 Å². The zero-order valence-corrected chi connectivity index (χ0v) is 12.1. The fraction of sp³-hybridized carbons (Fsp3) is 0.625. The minimum Gasteiger partial charge on any atom is -0.367 e. The van der Waals surface area contributed by atoms with Crippen molar-refractivity contribution in [2.75, 3.05) is 12.4 Å². The maximum absolute atomic E-state index is 12.7. The summed E-state index contributed by atoms with van der Waals surface area (Å²) in [6, 6.07) is 4.64. The number of pyridine rings is 1. The fourth-order valence-corrected chi connectivity index (χ4v) is 2.94. The molecule has 4 heteroatoms. The lowest BCUT2D eigenvalue weighted by molar-refractivity contribution is 0.0697. The van der Waals surface area contributed by atoms with Gasteiger partial charge in [-0.3, -0.25) is 4.79 Å². The molecule has 1 aromatic rings. The summed E-state index contributed by atoms with van der Waals surface area (Å²) in [6.45, 7) is 0. The highest BCUT2D eigenvalue weighted by molar-refractivity contribution is 5.98. The molecular weight excluding hydrogens is 250 g/mol. The lowest BCUT2D eigenvalue weighted by Crippen LogP contribution is -2.38. The van der Waals surface area contributed by atoms with E-state index in [9.17, 15) is 4.79 Å². The Balaban J connectivity index is 1.74. The van der Waals surface area contributed by atoms with Crippen LogP contribution >= 0.6 is 0 Å². The maximum atomic E-state index is 12.7. The highest BCUT2D eigenvalue weighted by Gasteiger charge is 2.27. The molecule has 0 aliphatic heterocycles. The number of amides is 1. The second-order valence-corrected chi connectivity index (χ2v) is 6.03. The van der Waals surface area contributed by atoms with Gasteiger partial charge in [0.1, 0.15) is 5.82 Å². The molecule has 3 rings (SSSR count). The molecule has 1 heterocycles. The van der Waals surface area contributed by atoms with Crippen LogP contribution in [0.1, 0.15) is 55.3 Å². The van der Waals surface area contributed by atoms with Gasteiger partial charge in [-0.05, 0) is 37.8 Å². The van der Waals surface area contributed by atoms with Crippen molar-refractivity contribution in [1.82, 2.24) is 9.88 Å². The highest BCUT2D eigenvalue weighted by atomic mass is 16.2. The number of rotatable bonds is 4. The molecule has 0 radical (unpaired) electrons. The number of aromatic nitrogens is 1. The van der Waals surface area contributed by atoms with Gasteiger partial charge in [0.15, 0.2) is 0 Å². The third-order valence-corrected chi connectivity index (χ3v) is 4.40. The standard InChI is InChI=1S/C16H23N3O/c1-19(13-6-3-2-4-7-13)16(20)14-8-5-11-17-15(14)18-12-9-10-12/h5,8,11-13H,2-4,6-7,9-10H2,1H3,(H,17,18). The van der Waals surface area contributed by atoms with Crippen LogP contribution in [-0.4, -0.2) is 34.9 Å². The van der Waals surface area contributed by atoms with E-state index in [0.717, 1.165) is 18.7 Å². The SMILES string of the molecule is CN(C(=O)c1cccnc1NC1CC1)C1CCCCC1. The summed E-state index contributed by atoms with van der Waals surface area (Å²) in [5.74, 6) is 0.857. The Morgan fingerprint density at radius 1 is 1.25 bits per heavy atom. The Kier molecular flexibility index (Phi) is 3.90. The first-order chi connectivity index (χ1) is 9.75. The van der Waals surface area contributed by atoms with E-state index in [2.05, 4.69) is 10.3 Å². The quantitative estimate of drug-likeness (QED) is 0.917. The van der Waals surface area contributed by atoms with Gasteiger partial charge in [-0.2, -0.15) is 0 Å². The molecule has 0 saturated heterocycles. The predicted octanol–water partition coefficient (Wildman–Crippen LogP) is 3.06. The molecule has 2 saturated carbocycles. The number of nitrogens with one attached hydrogen (secondary N) is 1. The average Bonchev–Trinajstić information content (AvgIpc) is 3.31. The third kappa shape index (κ3) is 2.94. The molecule has 1 amide bonds. The molecule has 2 aliphatic carbocycles. The molecular formula is C16H23N3O. The summed E-state index contributed by atoms with van der Waals surface area (Å²) in [6.07, 6.45) is 10.2. The van der Waals surface area contributed by atoms with E-state index in [0.29, 0.717) is 17.6 Å². The highest BCUT2D eigenvalue weighted by Crippen LogP contribution is 2.27. The largest absolute Gasteiger partial charge is 0.367 e. The number of hydrogen-bond donors (Lipinski definition) is 1.